The molecule has 1 aliphatic rings. The van der Waals surface area contributed by atoms with E-state index in [-0.39, 0.29) is 0 Å². The Labute approximate surface area is 107 Å². The van der Waals surface area contributed by atoms with E-state index in [1.165, 1.54) is 12.8 Å². The van der Waals surface area contributed by atoms with Gasteiger partial charge in [0.05, 0.1) is 26.5 Å². The van der Waals surface area contributed by atoms with Crippen molar-refractivity contribution >= 4 is 5.69 Å². The van der Waals surface area contributed by atoms with Crippen LogP contribution in [0.1, 0.15) is 18.4 Å². The molecule has 0 aliphatic carbocycles. The summed E-state index contributed by atoms with van der Waals surface area (Å²) in [6.45, 7) is 2.43. The second-order valence-electron chi connectivity index (χ2n) is 4.34. The molecule has 18 heavy (non-hydrogen) atoms. The summed E-state index contributed by atoms with van der Waals surface area (Å²) in [4.78, 5) is 7.00. The van der Waals surface area contributed by atoms with Gasteiger partial charge < -0.3 is 14.4 Å². The fourth-order valence-electron chi connectivity index (χ4n) is 2.35. The van der Waals surface area contributed by atoms with Crippen molar-refractivity contribution in [1.29, 1.82) is 0 Å². The molecule has 5 nitrogen and oxygen atoms in total. The molecule has 0 amide bonds. The van der Waals surface area contributed by atoms with Gasteiger partial charge in [-0.05, 0) is 18.9 Å². The molecule has 0 spiro atoms. The molecule has 1 aromatic carbocycles. The van der Waals surface area contributed by atoms with Crippen LogP contribution in [0.15, 0.2) is 12.1 Å². The highest BCUT2D eigenvalue weighted by Gasteiger charge is 2.19. The van der Waals surface area contributed by atoms with Crippen LogP contribution in [-0.4, -0.2) is 27.3 Å². The summed E-state index contributed by atoms with van der Waals surface area (Å²) in [5.74, 6) is 6.75. The van der Waals surface area contributed by atoms with Crippen molar-refractivity contribution in [2.75, 3.05) is 32.2 Å². The maximum absolute atomic E-state index is 5.45. The SMILES string of the molecule is COc1cc(N2CCCC2)c(OC)cc1CON. The lowest BCUT2D eigenvalue weighted by Crippen LogP contribution is -2.18. The van der Waals surface area contributed by atoms with Crippen LogP contribution in [0.5, 0.6) is 11.5 Å². The smallest absolute Gasteiger partial charge is 0.142 e. The number of nitrogens with zero attached hydrogens (tertiary/aromatic N) is 1. The molecule has 0 bridgehead atoms. The van der Waals surface area contributed by atoms with Gasteiger partial charge in [-0.1, -0.05) is 0 Å². The maximum Gasteiger partial charge on any atom is 0.142 e. The van der Waals surface area contributed by atoms with Crippen molar-refractivity contribution in [1.82, 2.24) is 0 Å². The summed E-state index contributed by atoms with van der Waals surface area (Å²) in [7, 11) is 3.32. The molecule has 0 saturated carbocycles. The number of hydrogen-bond donors (Lipinski definition) is 1. The topological polar surface area (TPSA) is 57.0 Å². The Balaban J connectivity index is 2.38. The molecule has 2 rings (SSSR count). The number of rotatable bonds is 5. The minimum absolute atomic E-state index is 0.305. The minimum atomic E-state index is 0.305. The lowest BCUT2D eigenvalue weighted by molar-refractivity contribution is 0.122. The molecule has 0 radical (unpaired) electrons. The van der Waals surface area contributed by atoms with E-state index in [0.29, 0.717) is 6.61 Å². The molecule has 0 atom stereocenters. The highest BCUT2D eigenvalue weighted by molar-refractivity contribution is 5.64. The maximum atomic E-state index is 5.45. The molecular weight excluding hydrogens is 232 g/mol. The van der Waals surface area contributed by atoms with Crippen LogP contribution in [0, 0.1) is 0 Å². The van der Waals surface area contributed by atoms with E-state index < -0.39 is 0 Å². The van der Waals surface area contributed by atoms with Crippen LogP contribution >= 0.6 is 0 Å². The summed E-state index contributed by atoms with van der Waals surface area (Å²) in [6, 6.07) is 3.93. The van der Waals surface area contributed by atoms with E-state index in [9.17, 15) is 0 Å². The predicted molar refractivity (Wildman–Crippen MR) is 70.0 cm³/mol. The van der Waals surface area contributed by atoms with E-state index in [1.807, 2.05) is 12.1 Å². The lowest BCUT2D eigenvalue weighted by Gasteiger charge is -2.22. The van der Waals surface area contributed by atoms with Crippen molar-refractivity contribution < 1.29 is 14.3 Å². The number of nitrogens with two attached hydrogens (primary N) is 1. The fraction of sp³-hybridized carbons (Fsp3) is 0.538. The Morgan fingerprint density at radius 2 is 1.78 bits per heavy atom. The molecule has 2 N–H and O–H groups in total. The van der Waals surface area contributed by atoms with Crippen LogP contribution in [0.2, 0.25) is 0 Å². The standard InChI is InChI=1S/C13H20N2O3/c1-16-12-8-11(15-5-3-4-6-15)13(17-2)7-10(12)9-18-14/h7-8H,3-6,9,14H2,1-2H3. The highest BCUT2D eigenvalue weighted by Crippen LogP contribution is 2.37. The van der Waals surface area contributed by atoms with Crippen molar-refractivity contribution in [3.8, 4) is 11.5 Å². The summed E-state index contributed by atoms with van der Waals surface area (Å²) in [5, 5.41) is 0. The van der Waals surface area contributed by atoms with Gasteiger partial charge in [-0.3, -0.25) is 4.84 Å². The van der Waals surface area contributed by atoms with Gasteiger partial charge in [0.1, 0.15) is 11.5 Å². The summed E-state index contributed by atoms with van der Waals surface area (Å²) in [6.07, 6.45) is 2.44. The highest BCUT2D eigenvalue weighted by atomic mass is 16.6. The van der Waals surface area contributed by atoms with Crippen LogP contribution in [0.3, 0.4) is 0 Å². The summed E-state index contributed by atoms with van der Waals surface area (Å²) >= 11 is 0. The Hall–Kier alpha value is -1.46. The van der Waals surface area contributed by atoms with Gasteiger partial charge in [-0.25, -0.2) is 5.90 Å². The second-order valence-corrected chi connectivity index (χ2v) is 4.34. The Morgan fingerprint density at radius 1 is 1.11 bits per heavy atom. The number of ether oxygens (including phenoxy) is 2. The van der Waals surface area contributed by atoms with Gasteiger partial charge in [0.2, 0.25) is 0 Å². The normalized spacial score (nSPS) is 14.9. The first kappa shape index (κ1) is 13.0. The van der Waals surface area contributed by atoms with Gasteiger partial charge in [0.15, 0.2) is 0 Å². The van der Waals surface area contributed by atoms with E-state index in [0.717, 1.165) is 35.8 Å². The monoisotopic (exact) mass is 252 g/mol. The molecule has 1 heterocycles. The molecule has 5 heteroatoms. The molecule has 1 saturated heterocycles. The molecular formula is C13H20N2O3. The third kappa shape index (κ3) is 2.52. The minimum Gasteiger partial charge on any atom is -0.496 e. The van der Waals surface area contributed by atoms with Gasteiger partial charge in [-0.2, -0.15) is 0 Å². The lowest BCUT2D eigenvalue weighted by atomic mass is 10.1. The van der Waals surface area contributed by atoms with Gasteiger partial charge >= 0.3 is 0 Å². The van der Waals surface area contributed by atoms with E-state index in [1.54, 1.807) is 14.2 Å². The first-order chi connectivity index (χ1) is 8.80. The van der Waals surface area contributed by atoms with Gasteiger partial charge in [-0.15, -0.1) is 0 Å². The number of hydrogen-bond acceptors (Lipinski definition) is 5. The first-order valence-corrected chi connectivity index (χ1v) is 6.11. The van der Waals surface area contributed by atoms with E-state index in [4.69, 9.17) is 15.4 Å². The summed E-state index contributed by atoms with van der Waals surface area (Å²) < 4.78 is 10.8. The van der Waals surface area contributed by atoms with Crippen LogP contribution in [-0.2, 0) is 11.4 Å². The second kappa shape index (κ2) is 5.93. The van der Waals surface area contributed by atoms with Crippen molar-refractivity contribution in [2.24, 2.45) is 5.90 Å². The fourth-order valence-corrected chi connectivity index (χ4v) is 2.35. The quantitative estimate of drug-likeness (QED) is 0.808. The van der Waals surface area contributed by atoms with E-state index in [2.05, 4.69) is 9.74 Å². The van der Waals surface area contributed by atoms with Gasteiger partial charge in [0.25, 0.3) is 0 Å². The molecule has 0 unspecified atom stereocenters. The number of benzene rings is 1. The van der Waals surface area contributed by atoms with Crippen molar-refractivity contribution in [3.63, 3.8) is 0 Å². The zero-order valence-electron chi connectivity index (χ0n) is 10.9. The Bertz CT molecular complexity index is 403. The molecule has 1 aromatic rings. The van der Waals surface area contributed by atoms with Crippen LogP contribution in [0.25, 0.3) is 0 Å². The molecule has 1 aliphatic heterocycles. The average Bonchev–Trinajstić information content (AvgIpc) is 2.92. The van der Waals surface area contributed by atoms with Crippen LogP contribution in [0.4, 0.5) is 5.69 Å². The van der Waals surface area contributed by atoms with E-state index >= 15 is 0 Å². The average molecular weight is 252 g/mol. The number of methoxy groups -OCH3 is 2. The Kier molecular flexibility index (Phi) is 4.28. The molecule has 100 valence electrons. The molecule has 0 aromatic heterocycles. The summed E-state index contributed by atoms with van der Waals surface area (Å²) in [5.41, 5.74) is 1.97. The third-order valence-corrected chi connectivity index (χ3v) is 3.27. The number of anilines is 1. The largest absolute Gasteiger partial charge is 0.496 e. The van der Waals surface area contributed by atoms with Crippen LogP contribution < -0.4 is 20.3 Å². The van der Waals surface area contributed by atoms with Crippen molar-refractivity contribution in [2.45, 2.75) is 19.4 Å². The predicted octanol–water partition coefficient (Wildman–Crippen LogP) is 1.69. The Morgan fingerprint density at radius 3 is 2.33 bits per heavy atom. The first-order valence-electron chi connectivity index (χ1n) is 6.11. The van der Waals surface area contributed by atoms with Gasteiger partial charge in [0, 0.05) is 24.7 Å². The zero-order valence-corrected chi connectivity index (χ0v) is 10.9. The molecule has 1 fully saturated rings. The van der Waals surface area contributed by atoms with Crippen molar-refractivity contribution in [3.05, 3.63) is 17.7 Å². The zero-order chi connectivity index (χ0) is 13.0. The third-order valence-electron chi connectivity index (χ3n) is 3.27.